The van der Waals surface area contributed by atoms with Crippen molar-refractivity contribution in [1.29, 1.82) is 0 Å². The fourth-order valence-corrected chi connectivity index (χ4v) is 0.773. The Morgan fingerprint density at radius 3 is 2.60 bits per heavy atom. The van der Waals surface area contributed by atoms with Crippen molar-refractivity contribution in [2.75, 3.05) is 0 Å². The van der Waals surface area contributed by atoms with Crippen molar-refractivity contribution in [3.05, 3.63) is 23.2 Å². The second kappa shape index (κ2) is 2.77. The van der Waals surface area contributed by atoms with Gasteiger partial charge in [-0.1, -0.05) is 11.6 Å². The van der Waals surface area contributed by atoms with Gasteiger partial charge in [0.15, 0.2) is 5.75 Å². The lowest BCUT2D eigenvalue weighted by Crippen LogP contribution is -1.83. The maximum Gasteiger partial charge on any atom is 0.183 e. The molecule has 0 saturated carbocycles. The first-order valence-corrected chi connectivity index (χ1v) is 2.92. The molecular weight excluding hydrogens is 156 g/mol. The van der Waals surface area contributed by atoms with Crippen LogP contribution >= 0.6 is 11.6 Å². The lowest BCUT2D eigenvalue weighted by molar-refractivity contribution is -0.137. The summed E-state index contributed by atoms with van der Waals surface area (Å²) in [6.45, 7) is 0. The summed E-state index contributed by atoms with van der Waals surface area (Å²) in [5, 5.41) is 17.1. The Balaban J connectivity index is 3.07. The molecule has 3 nitrogen and oxygen atoms in total. The minimum atomic E-state index is 0.0331. The van der Waals surface area contributed by atoms with E-state index in [-0.39, 0.29) is 16.5 Å². The molecule has 0 heterocycles. The molecule has 1 rings (SSSR count). The van der Waals surface area contributed by atoms with E-state index in [4.69, 9.17) is 22.0 Å². The Labute approximate surface area is 62.4 Å². The smallest absolute Gasteiger partial charge is 0.183 e. The third kappa shape index (κ3) is 1.32. The van der Waals surface area contributed by atoms with Crippen LogP contribution in [0.2, 0.25) is 5.02 Å². The summed E-state index contributed by atoms with van der Waals surface area (Å²) in [5.41, 5.74) is 0. The van der Waals surface area contributed by atoms with Gasteiger partial charge in [-0.25, -0.2) is 5.26 Å². The van der Waals surface area contributed by atoms with E-state index >= 15 is 0 Å². The number of phenols is 1. The number of hydrogen-bond acceptors (Lipinski definition) is 3. The Kier molecular flexibility index (Phi) is 1.99. The molecule has 0 aliphatic rings. The van der Waals surface area contributed by atoms with Crippen LogP contribution in [0.25, 0.3) is 0 Å². The van der Waals surface area contributed by atoms with Crippen molar-refractivity contribution in [2.24, 2.45) is 0 Å². The molecule has 0 aliphatic heterocycles. The van der Waals surface area contributed by atoms with Gasteiger partial charge in [0, 0.05) is 6.07 Å². The maximum absolute atomic E-state index is 8.81. The topological polar surface area (TPSA) is 49.7 Å². The predicted molar refractivity (Wildman–Crippen MR) is 36.4 cm³/mol. The lowest BCUT2D eigenvalue weighted by Gasteiger charge is -1.98. The first-order valence-electron chi connectivity index (χ1n) is 2.54. The van der Waals surface area contributed by atoms with Crippen LogP contribution in [0.1, 0.15) is 0 Å². The predicted octanol–water partition coefficient (Wildman–Crippen LogP) is 1.90. The molecule has 0 aliphatic carbocycles. The summed E-state index contributed by atoms with van der Waals surface area (Å²) >= 11 is 5.48. The van der Waals surface area contributed by atoms with Gasteiger partial charge in [0.1, 0.15) is 5.75 Å². The second-order valence-corrected chi connectivity index (χ2v) is 2.11. The third-order valence-electron chi connectivity index (χ3n) is 1.01. The van der Waals surface area contributed by atoms with E-state index in [9.17, 15) is 0 Å². The Hall–Kier alpha value is -0.930. The van der Waals surface area contributed by atoms with Crippen LogP contribution in [0.3, 0.4) is 0 Å². The zero-order valence-electron chi connectivity index (χ0n) is 4.91. The van der Waals surface area contributed by atoms with E-state index in [0.717, 1.165) is 0 Å². The van der Waals surface area contributed by atoms with E-state index in [0.29, 0.717) is 0 Å². The number of phenolic OH excluding ortho intramolecular Hbond substituents is 1. The summed E-state index contributed by atoms with van der Waals surface area (Å²) < 4.78 is 0. The van der Waals surface area contributed by atoms with Crippen LogP contribution < -0.4 is 4.89 Å². The van der Waals surface area contributed by atoms with Gasteiger partial charge in [0.2, 0.25) is 0 Å². The Bertz CT molecular complexity index is 236. The molecule has 4 heteroatoms. The summed E-state index contributed by atoms with van der Waals surface area (Å²) in [6.07, 6.45) is 0. The van der Waals surface area contributed by atoms with E-state index in [1.54, 1.807) is 0 Å². The zero-order valence-corrected chi connectivity index (χ0v) is 5.67. The van der Waals surface area contributed by atoms with Crippen LogP contribution in [-0.2, 0) is 0 Å². The lowest BCUT2D eigenvalue weighted by atomic mass is 10.3. The Morgan fingerprint density at radius 1 is 1.40 bits per heavy atom. The van der Waals surface area contributed by atoms with Gasteiger partial charge in [-0.05, 0) is 12.1 Å². The highest BCUT2D eigenvalue weighted by molar-refractivity contribution is 6.32. The Morgan fingerprint density at radius 2 is 2.10 bits per heavy atom. The molecule has 10 heavy (non-hydrogen) atoms. The fraction of sp³-hybridized carbons (Fsp3) is 0. The van der Waals surface area contributed by atoms with E-state index < -0.39 is 0 Å². The van der Waals surface area contributed by atoms with Gasteiger partial charge >= 0.3 is 0 Å². The number of hydrogen-bond donors (Lipinski definition) is 2. The zero-order chi connectivity index (χ0) is 7.56. The fourth-order valence-electron chi connectivity index (χ4n) is 0.564. The minimum Gasteiger partial charge on any atom is -0.508 e. The molecule has 0 atom stereocenters. The summed E-state index contributed by atoms with van der Waals surface area (Å²) in [4.78, 5) is 3.86. The van der Waals surface area contributed by atoms with Crippen LogP contribution in [0.5, 0.6) is 11.5 Å². The van der Waals surface area contributed by atoms with Crippen molar-refractivity contribution in [1.82, 2.24) is 0 Å². The highest BCUT2D eigenvalue weighted by Crippen LogP contribution is 2.27. The van der Waals surface area contributed by atoms with E-state index in [1.807, 2.05) is 0 Å². The SMILES string of the molecule is OOc1ccc(O)cc1Cl. The summed E-state index contributed by atoms with van der Waals surface area (Å²) in [6, 6.07) is 3.99. The molecule has 0 saturated heterocycles. The standard InChI is InChI=1S/C6H5ClO3/c7-5-3-4(8)1-2-6(5)10-9/h1-3,8-9H. The van der Waals surface area contributed by atoms with Crippen molar-refractivity contribution in [2.45, 2.75) is 0 Å². The number of halogens is 1. The molecule has 0 amide bonds. The molecule has 1 aromatic carbocycles. The average Bonchev–Trinajstić information content (AvgIpc) is 1.88. The summed E-state index contributed by atoms with van der Waals surface area (Å²) in [5.74, 6) is 0.158. The first-order chi connectivity index (χ1) is 4.74. The number of benzene rings is 1. The molecule has 54 valence electrons. The molecule has 0 unspecified atom stereocenters. The van der Waals surface area contributed by atoms with E-state index in [2.05, 4.69) is 4.89 Å². The van der Waals surface area contributed by atoms with Crippen molar-refractivity contribution >= 4 is 11.6 Å². The molecule has 0 aromatic heterocycles. The first kappa shape index (κ1) is 7.18. The van der Waals surface area contributed by atoms with Crippen LogP contribution in [0, 0.1) is 0 Å². The second-order valence-electron chi connectivity index (χ2n) is 1.71. The van der Waals surface area contributed by atoms with E-state index in [1.165, 1.54) is 18.2 Å². The minimum absolute atomic E-state index is 0.0331. The molecule has 1 aromatic rings. The molecule has 2 N–H and O–H groups in total. The third-order valence-corrected chi connectivity index (χ3v) is 1.31. The van der Waals surface area contributed by atoms with Crippen LogP contribution in [-0.4, -0.2) is 10.4 Å². The van der Waals surface area contributed by atoms with Crippen LogP contribution in [0.4, 0.5) is 0 Å². The normalized spacial score (nSPS) is 9.40. The highest BCUT2D eigenvalue weighted by Gasteiger charge is 2.00. The molecular formula is C6H5ClO3. The quantitative estimate of drug-likeness (QED) is 0.487. The average molecular weight is 161 g/mol. The van der Waals surface area contributed by atoms with Gasteiger partial charge in [0.25, 0.3) is 0 Å². The van der Waals surface area contributed by atoms with Gasteiger partial charge in [-0.3, -0.25) is 0 Å². The monoisotopic (exact) mass is 160 g/mol. The van der Waals surface area contributed by atoms with Gasteiger partial charge < -0.3 is 9.99 Å². The van der Waals surface area contributed by atoms with Crippen LogP contribution in [0.15, 0.2) is 18.2 Å². The highest BCUT2D eigenvalue weighted by atomic mass is 35.5. The van der Waals surface area contributed by atoms with Gasteiger partial charge in [-0.2, -0.15) is 0 Å². The van der Waals surface area contributed by atoms with Gasteiger partial charge in [-0.15, -0.1) is 0 Å². The van der Waals surface area contributed by atoms with Crippen molar-refractivity contribution in [3.8, 4) is 11.5 Å². The molecule has 0 bridgehead atoms. The largest absolute Gasteiger partial charge is 0.508 e. The number of rotatable bonds is 1. The molecule has 0 fully saturated rings. The number of aromatic hydroxyl groups is 1. The maximum atomic E-state index is 8.81. The molecule has 0 spiro atoms. The van der Waals surface area contributed by atoms with Gasteiger partial charge in [0.05, 0.1) is 5.02 Å². The molecule has 0 radical (unpaired) electrons. The summed E-state index contributed by atoms with van der Waals surface area (Å²) in [7, 11) is 0. The van der Waals surface area contributed by atoms with Crippen molar-refractivity contribution < 1.29 is 15.3 Å². The van der Waals surface area contributed by atoms with Crippen molar-refractivity contribution in [3.63, 3.8) is 0 Å².